The first kappa shape index (κ1) is 57.3. The Morgan fingerprint density at radius 1 is 0.508 bits per heavy atom. The minimum atomic E-state index is -3.58. The van der Waals surface area contributed by atoms with Gasteiger partial charge in [-0.3, -0.25) is 14.4 Å². The van der Waals surface area contributed by atoms with Gasteiger partial charge in [0.2, 0.25) is 15.9 Å². The number of nitrogens with zero attached hydrogens (tertiary/aromatic N) is 1. The molecule has 0 unspecified atom stereocenters. The highest BCUT2D eigenvalue weighted by atomic mass is 32.2. The van der Waals surface area contributed by atoms with E-state index in [0.29, 0.717) is 26.0 Å². The first-order chi connectivity index (χ1) is 28.7. The summed E-state index contributed by atoms with van der Waals surface area (Å²) in [6.45, 7) is 10.5. The second-order valence-electron chi connectivity index (χ2n) is 17.1. The second-order valence-corrected chi connectivity index (χ2v) is 19.0. The van der Waals surface area contributed by atoms with Crippen LogP contribution in [-0.4, -0.2) is 82.9 Å². The number of hydrogen-bond donors (Lipinski definition) is 2. The number of hydrogen-bond acceptors (Lipinski definition) is 8. The third-order valence-corrected chi connectivity index (χ3v) is 12.6. The Hall–Kier alpha value is -1.72. The van der Waals surface area contributed by atoms with E-state index in [9.17, 15) is 22.8 Å². The molecule has 2 N–H and O–H groups in total. The van der Waals surface area contributed by atoms with Gasteiger partial charge in [-0.15, -0.1) is 0 Å². The van der Waals surface area contributed by atoms with Gasteiger partial charge >= 0.3 is 11.9 Å². The van der Waals surface area contributed by atoms with Gasteiger partial charge in [0.05, 0.1) is 6.61 Å². The first-order valence-corrected chi connectivity index (χ1v) is 26.6. The van der Waals surface area contributed by atoms with Crippen LogP contribution in [0.1, 0.15) is 239 Å². The third-order valence-electron chi connectivity index (χ3n) is 11.4. The molecule has 0 atom stereocenters. The molecule has 0 aromatic rings. The van der Waals surface area contributed by atoms with Crippen molar-refractivity contribution in [1.82, 2.24) is 14.9 Å². The molecule has 0 heterocycles. The van der Waals surface area contributed by atoms with Crippen LogP contribution in [0, 0.1) is 0 Å². The zero-order valence-electron chi connectivity index (χ0n) is 39.1. The lowest BCUT2D eigenvalue weighted by Crippen LogP contribution is -2.36. The van der Waals surface area contributed by atoms with Crippen molar-refractivity contribution in [3.05, 3.63) is 0 Å². The van der Waals surface area contributed by atoms with E-state index in [4.69, 9.17) is 9.47 Å². The number of carbonyl (C=O) groups is 3. The Morgan fingerprint density at radius 3 is 1.41 bits per heavy atom. The fraction of sp³-hybridized carbons (Fsp3) is 0.938. The Morgan fingerprint density at radius 2 is 0.915 bits per heavy atom. The quantitative estimate of drug-likeness (QED) is 0.0457. The van der Waals surface area contributed by atoms with Crippen molar-refractivity contribution in [2.24, 2.45) is 0 Å². The average molecular weight is 858 g/mol. The summed E-state index contributed by atoms with van der Waals surface area (Å²) >= 11 is 0. The Balaban J connectivity index is 4.51. The summed E-state index contributed by atoms with van der Waals surface area (Å²) in [5.41, 5.74) is 0. The van der Waals surface area contributed by atoms with E-state index in [0.717, 1.165) is 129 Å². The SMILES string of the molecule is CCCCCCCCCOC(=O)CCCCCCCN(CCCCCCCC(=O)OC(CCCCCCCC)CCCCCCCC)CCCNC(=O)CS(=O)(=O)NC. The van der Waals surface area contributed by atoms with Crippen molar-refractivity contribution in [2.75, 3.05) is 45.6 Å². The summed E-state index contributed by atoms with van der Waals surface area (Å²) in [7, 11) is -2.27. The van der Waals surface area contributed by atoms with Crippen LogP contribution >= 0.6 is 0 Å². The van der Waals surface area contributed by atoms with E-state index in [1.54, 1.807) is 0 Å². The summed E-state index contributed by atoms with van der Waals surface area (Å²) in [6.07, 6.45) is 37.9. The number of esters is 2. The smallest absolute Gasteiger partial charge is 0.306 e. The molecule has 0 radical (unpaired) electrons. The van der Waals surface area contributed by atoms with E-state index in [-0.39, 0.29) is 18.0 Å². The van der Waals surface area contributed by atoms with Gasteiger partial charge in [-0.1, -0.05) is 162 Å². The predicted octanol–water partition coefficient (Wildman–Crippen LogP) is 11.7. The van der Waals surface area contributed by atoms with Crippen LogP contribution in [0.15, 0.2) is 0 Å². The molecule has 0 aliphatic rings. The van der Waals surface area contributed by atoms with Crippen molar-refractivity contribution in [3.8, 4) is 0 Å². The Bertz CT molecular complexity index is 1060. The van der Waals surface area contributed by atoms with Crippen LogP contribution in [0.25, 0.3) is 0 Å². The minimum absolute atomic E-state index is 0.0208. The lowest BCUT2D eigenvalue weighted by atomic mass is 10.0. The molecule has 1 amide bonds. The molecule has 0 aromatic carbocycles. The summed E-state index contributed by atoms with van der Waals surface area (Å²) < 4.78 is 37.0. The monoisotopic (exact) mass is 858 g/mol. The summed E-state index contributed by atoms with van der Waals surface area (Å²) in [5.74, 6) is -1.13. The number of nitrogens with one attached hydrogen (secondary N) is 2. The van der Waals surface area contributed by atoms with Gasteiger partial charge in [0.15, 0.2) is 0 Å². The maximum Gasteiger partial charge on any atom is 0.306 e. The summed E-state index contributed by atoms with van der Waals surface area (Å²) in [6, 6.07) is 0. The van der Waals surface area contributed by atoms with Crippen LogP contribution in [0.2, 0.25) is 0 Å². The average Bonchev–Trinajstić information content (AvgIpc) is 3.21. The molecular weight excluding hydrogens is 763 g/mol. The molecule has 0 aromatic heterocycles. The zero-order valence-corrected chi connectivity index (χ0v) is 39.9. The van der Waals surface area contributed by atoms with Gasteiger partial charge in [-0.2, -0.15) is 0 Å². The van der Waals surface area contributed by atoms with Crippen molar-refractivity contribution in [2.45, 2.75) is 245 Å². The molecule has 0 rings (SSSR count). The van der Waals surface area contributed by atoms with Gasteiger partial charge in [0.1, 0.15) is 11.9 Å². The first-order valence-electron chi connectivity index (χ1n) is 24.9. The van der Waals surface area contributed by atoms with Crippen molar-refractivity contribution < 1.29 is 32.3 Å². The Labute approximate surface area is 364 Å². The van der Waals surface area contributed by atoms with Crippen molar-refractivity contribution in [1.29, 1.82) is 0 Å². The Kier molecular flexibility index (Phi) is 41.7. The molecule has 0 spiro atoms. The van der Waals surface area contributed by atoms with Gasteiger partial charge in [-0.05, 0) is 90.9 Å². The van der Waals surface area contributed by atoms with Crippen molar-refractivity contribution >= 4 is 27.9 Å². The third kappa shape index (κ3) is 41.4. The number of rotatable bonds is 46. The molecule has 0 aliphatic carbocycles. The number of carbonyl (C=O) groups excluding carboxylic acids is 3. The normalized spacial score (nSPS) is 11.8. The highest BCUT2D eigenvalue weighted by Gasteiger charge is 2.15. The fourth-order valence-electron chi connectivity index (χ4n) is 7.56. The molecular formula is C48H95N3O7S. The summed E-state index contributed by atoms with van der Waals surface area (Å²) in [5, 5.41) is 2.75. The van der Waals surface area contributed by atoms with Crippen LogP contribution in [-0.2, 0) is 33.9 Å². The maximum atomic E-state index is 12.8. The van der Waals surface area contributed by atoms with E-state index in [1.807, 2.05) is 0 Å². The molecule has 0 aliphatic heterocycles. The topological polar surface area (TPSA) is 131 Å². The van der Waals surface area contributed by atoms with Gasteiger partial charge in [0.25, 0.3) is 0 Å². The number of amides is 1. The standard InChI is InChI=1S/C48H95N3O7S/c1-5-8-11-14-17-26-33-43-57-47(53)37-29-22-18-24-31-40-51(42-34-39-50-46(52)44-59(55,56)49-4)41-32-25-19-23-30-38-48(54)58-45(35-27-20-15-12-9-6-2)36-28-21-16-13-10-7-3/h45,49H,5-44H2,1-4H3,(H,50,52). The van der Waals surface area contributed by atoms with E-state index in [1.165, 1.54) is 103 Å². The van der Waals surface area contributed by atoms with Gasteiger partial charge < -0.3 is 19.7 Å². The molecule has 11 heteroatoms. The van der Waals surface area contributed by atoms with Gasteiger partial charge in [-0.25, -0.2) is 13.1 Å². The predicted molar refractivity (Wildman–Crippen MR) is 247 cm³/mol. The number of unbranched alkanes of at least 4 members (excludes halogenated alkanes) is 24. The second kappa shape index (κ2) is 42.9. The van der Waals surface area contributed by atoms with Crippen molar-refractivity contribution in [3.63, 3.8) is 0 Å². The van der Waals surface area contributed by atoms with E-state index >= 15 is 0 Å². The van der Waals surface area contributed by atoms with Crippen LogP contribution in [0.3, 0.4) is 0 Å². The number of sulfonamides is 1. The maximum absolute atomic E-state index is 12.8. The molecule has 350 valence electrons. The molecule has 59 heavy (non-hydrogen) atoms. The van der Waals surface area contributed by atoms with Crippen LogP contribution in [0.4, 0.5) is 0 Å². The lowest BCUT2D eigenvalue weighted by molar-refractivity contribution is -0.150. The molecule has 0 saturated heterocycles. The highest BCUT2D eigenvalue weighted by Crippen LogP contribution is 2.19. The van der Waals surface area contributed by atoms with Gasteiger partial charge in [0, 0.05) is 19.4 Å². The molecule has 0 bridgehead atoms. The van der Waals surface area contributed by atoms with E-state index < -0.39 is 21.7 Å². The molecule has 0 saturated carbocycles. The molecule has 0 fully saturated rings. The molecule has 10 nitrogen and oxygen atoms in total. The largest absolute Gasteiger partial charge is 0.466 e. The van der Waals surface area contributed by atoms with Crippen LogP contribution in [0.5, 0.6) is 0 Å². The zero-order chi connectivity index (χ0) is 43.5. The highest BCUT2D eigenvalue weighted by molar-refractivity contribution is 7.90. The van der Waals surface area contributed by atoms with E-state index in [2.05, 4.69) is 35.7 Å². The fourth-order valence-corrected chi connectivity index (χ4v) is 8.15. The lowest BCUT2D eigenvalue weighted by Gasteiger charge is -2.22. The summed E-state index contributed by atoms with van der Waals surface area (Å²) in [4.78, 5) is 39.5. The van der Waals surface area contributed by atoms with Crippen LogP contribution < -0.4 is 10.0 Å². The minimum Gasteiger partial charge on any atom is -0.466 e. The number of ether oxygens (including phenoxy) is 2.